The minimum atomic E-state index is -1.28. The Bertz CT molecular complexity index is 464. The summed E-state index contributed by atoms with van der Waals surface area (Å²) in [7, 11) is 0. The van der Waals surface area contributed by atoms with Crippen LogP contribution in [0.2, 0.25) is 0 Å². The number of aliphatic carboxylic acids is 1. The lowest BCUT2D eigenvalue weighted by molar-refractivity contribution is -0.138. The van der Waals surface area contributed by atoms with Gasteiger partial charge in [-0.25, -0.2) is 4.39 Å². The maximum atomic E-state index is 13.0. The first kappa shape index (κ1) is 12.4. The Hall–Kier alpha value is -0.0700. The van der Waals surface area contributed by atoms with Gasteiger partial charge in [0.1, 0.15) is 10.2 Å². The molecule has 0 aliphatic heterocycles. The predicted molar refractivity (Wildman–Crippen MR) is 67.4 cm³/mol. The molecule has 0 saturated heterocycles. The Morgan fingerprint density at radius 2 is 2.12 bits per heavy atom. The fourth-order valence-corrected chi connectivity index (χ4v) is 3.11. The molecule has 0 spiro atoms. The van der Waals surface area contributed by atoms with Gasteiger partial charge in [-0.3, -0.25) is 4.79 Å². The van der Waals surface area contributed by atoms with Crippen molar-refractivity contribution in [2.24, 2.45) is 5.92 Å². The molecule has 1 N–H and O–H groups in total. The number of alkyl halides is 2. The van der Waals surface area contributed by atoms with E-state index in [1.807, 2.05) is 22.6 Å². The Morgan fingerprint density at radius 1 is 1.50 bits per heavy atom. The molecule has 2 nitrogen and oxygen atoms in total. The molecule has 0 aromatic heterocycles. The van der Waals surface area contributed by atoms with E-state index in [9.17, 15) is 9.18 Å². The highest BCUT2D eigenvalue weighted by atomic mass is 127. The normalized spacial score (nSPS) is 26.5. The number of benzene rings is 1. The minimum absolute atomic E-state index is 0.341. The molecule has 16 heavy (non-hydrogen) atoms. The standard InChI is InChI=1S/C10H6Cl2FIO2/c11-10(12)7(8(10)9(15)16)4-1-2-5(13)6(14)3-4/h1-3,7-8H,(H,15,16). The van der Waals surface area contributed by atoms with Crippen LogP contribution in [0.5, 0.6) is 0 Å². The van der Waals surface area contributed by atoms with E-state index in [-0.39, 0.29) is 5.82 Å². The van der Waals surface area contributed by atoms with Crippen molar-refractivity contribution in [1.82, 2.24) is 0 Å². The average molecular weight is 375 g/mol. The molecule has 0 bridgehead atoms. The van der Waals surface area contributed by atoms with Crippen molar-refractivity contribution in [1.29, 1.82) is 0 Å². The molecule has 86 valence electrons. The van der Waals surface area contributed by atoms with Crippen molar-refractivity contribution in [3.63, 3.8) is 0 Å². The average Bonchev–Trinajstić information content (AvgIpc) is 2.74. The molecule has 2 rings (SSSR count). The largest absolute Gasteiger partial charge is 0.481 e. The van der Waals surface area contributed by atoms with Crippen molar-refractivity contribution in [2.45, 2.75) is 10.3 Å². The minimum Gasteiger partial charge on any atom is -0.481 e. The molecule has 0 radical (unpaired) electrons. The fraction of sp³-hybridized carbons (Fsp3) is 0.300. The van der Waals surface area contributed by atoms with Crippen LogP contribution in [0, 0.1) is 15.3 Å². The molecule has 6 heteroatoms. The van der Waals surface area contributed by atoms with E-state index in [2.05, 4.69) is 0 Å². The highest BCUT2D eigenvalue weighted by Crippen LogP contribution is 2.65. The Balaban J connectivity index is 2.33. The third-order valence-corrected chi connectivity index (χ3v) is 4.39. The Morgan fingerprint density at radius 3 is 2.56 bits per heavy atom. The van der Waals surface area contributed by atoms with Gasteiger partial charge in [0, 0.05) is 9.49 Å². The lowest BCUT2D eigenvalue weighted by atomic mass is 10.1. The van der Waals surface area contributed by atoms with Gasteiger partial charge in [0.25, 0.3) is 0 Å². The summed E-state index contributed by atoms with van der Waals surface area (Å²) in [5, 5.41) is 8.90. The SMILES string of the molecule is O=C(O)C1C(c2ccc(F)c(I)c2)C1(Cl)Cl. The van der Waals surface area contributed by atoms with Gasteiger partial charge in [0.05, 0.1) is 5.92 Å². The van der Waals surface area contributed by atoms with E-state index in [4.69, 9.17) is 28.3 Å². The molecule has 1 aromatic rings. The number of rotatable bonds is 2. The summed E-state index contributed by atoms with van der Waals surface area (Å²) >= 11 is 13.6. The first-order valence-corrected chi connectivity index (χ1v) is 6.24. The van der Waals surface area contributed by atoms with Crippen LogP contribution in [0.1, 0.15) is 11.5 Å². The van der Waals surface area contributed by atoms with Crippen LogP contribution in [-0.2, 0) is 4.79 Å². The molecule has 1 aliphatic carbocycles. The van der Waals surface area contributed by atoms with E-state index in [1.165, 1.54) is 12.1 Å². The van der Waals surface area contributed by atoms with Crippen LogP contribution in [0.3, 0.4) is 0 Å². The van der Waals surface area contributed by atoms with E-state index in [0.29, 0.717) is 9.13 Å². The number of hydrogen-bond donors (Lipinski definition) is 1. The lowest BCUT2D eigenvalue weighted by Crippen LogP contribution is -2.03. The summed E-state index contributed by atoms with van der Waals surface area (Å²) < 4.78 is 12.2. The van der Waals surface area contributed by atoms with Gasteiger partial charge in [-0.2, -0.15) is 0 Å². The zero-order valence-corrected chi connectivity index (χ0v) is 11.4. The molecular formula is C10H6Cl2FIO2. The van der Waals surface area contributed by atoms with Crippen molar-refractivity contribution in [2.75, 3.05) is 0 Å². The predicted octanol–water partition coefficient (Wildman–Crippen LogP) is 3.40. The topological polar surface area (TPSA) is 37.3 Å². The zero-order valence-electron chi connectivity index (χ0n) is 7.75. The van der Waals surface area contributed by atoms with Gasteiger partial charge in [0.2, 0.25) is 0 Å². The number of halogens is 4. The van der Waals surface area contributed by atoms with Gasteiger partial charge in [-0.15, -0.1) is 0 Å². The Labute approximate surface area is 115 Å². The van der Waals surface area contributed by atoms with Crippen molar-refractivity contribution < 1.29 is 14.3 Å². The smallest absolute Gasteiger partial charge is 0.310 e. The lowest BCUT2D eigenvalue weighted by Gasteiger charge is -2.01. The first-order valence-electron chi connectivity index (χ1n) is 4.41. The summed E-state index contributed by atoms with van der Waals surface area (Å²) in [6.45, 7) is 0. The van der Waals surface area contributed by atoms with Crippen LogP contribution in [-0.4, -0.2) is 15.4 Å². The van der Waals surface area contributed by atoms with Crippen molar-refractivity contribution >= 4 is 51.8 Å². The van der Waals surface area contributed by atoms with Crippen LogP contribution in [0.4, 0.5) is 4.39 Å². The first-order chi connectivity index (χ1) is 7.35. The second-order valence-electron chi connectivity index (χ2n) is 3.64. The zero-order chi connectivity index (χ0) is 12.1. The van der Waals surface area contributed by atoms with E-state index in [0.717, 1.165) is 0 Å². The fourth-order valence-electron chi connectivity index (χ4n) is 1.75. The molecular weight excluding hydrogens is 369 g/mol. The molecule has 1 aromatic carbocycles. The summed E-state index contributed by atoms with van der Waals surface area (Å²) in [6, 6.07) is 4.38. The van der Waals surface area contributed by atoms with Gasteiger partial charge in [-0.05, 0) is 40.3 Å². The van der Waals surface area contributed by atoms with Crippen molar-refractivity contribution in [3.8, 4) is 0 Å². The van der Waals surface area contributed by atoms with Gasteiger partial charge in [0.15, 0.2) is 0 Å². The molecule has 1 fully saturated rings. The van der Waals surface area contributed by atoms with Gasteiger partial charge < -0.3 is 5.11 Å². The maximum absolute atomic E-state index is 13.0. The number of hydrogen-bond acceptors (Lipinski definition) is 1. The molecule has 2 unspecified atom stereocenters. The second kappa shape index (κ2) is 3.99. The highest BCUT2D eigenvalue weighted by Gasteiger charge is 2.68. The molecule has 1 aliphatic rings. The van der Waals surface area contributed by atoms with Crippen LogP contribution in [0.15, 0.2) is 18.2 Å². The third kappa shape index (κ3) is 1.91. The molecule has 2 atom stereocenters. The second-order valence-corrected chi connectivity index (χ2v) is 6.25. The van der Waals surface area contributed by atoms with E-state index < -0.39 is 22.1 Å². The van der Waals surface area contributed by atoms with Crippen LogP contribution in [0.25, 0.3) is 0 Å². The maximum Gasteiger partial charge on any atom is 0.310 e. The third-order valence-electron chi connectivity index (χ3n) is 2.62. The summed E-state index contributed by atoms with van der Waals surface area (Å²) in [5.41, 5.74) is 0.656. The molecule has 0 amide bonds. The van der Waals surface area contributed by atoms with Crippen LogP contribution >= 0.6 is 45.8 Å². The number of carbonyl (C=O) groups is 1. The summed E-state index contributed by atoms with van der Waals surface area (Å²) in [4.78, 5) is 10.9. The van der Waals surface area contributed by atoms with Crippen LogP contribution < -0.4 is 0 Å². The summed E-state index contributed by atoms with van der Waals surface area (Å²) in [6.07, 6.45) is 0. The number of carboxylic acids is 1. The highest BCUT2D eigenvalue weighted by molar-refractivity contribution is 14.1. The number of carboxylic acid groups (broad SMARTS) is 1. The monoisotopic (exact) mass is 374 g/mol. The van der Waals surface area contributed by atoms with E-state index in [1.54, 1.807) is 6.07 Å². The van der Waals surface area contributed by atoms with Gasteiger partial charge in [-0.1, -0.05) is 29.3 Å². The summed E-state index contributed by atoms with van der Waals surface area (Å²) in [5.74, 6) is -2.67. The van der Waals surface area contributed by atoms with E-state index >= 15 is 0 Å². The quantitative estimate of drug-likeness (QED) is 0.636. The molecule has 1 saturated carbocycles. The van der Waals surface area contributed by atoms with Crippen molar-refractivity contribution in [3.05, 3.63) is 33.1 Å². The van der Waals surface area contributed by atoms with Gasteiger partial charge >= 0.3 is 5.97 Å². The molecule has 0 heterocycles. The Kier molecular flexibility index (Phi) is 3.09.